The first-order valence-corrected chi connectivity index (χ1v) is 8.42. The van der Waals surface area contributed by atoms with E-state index in [2.05, 4.69) is 0 Å². The van der Waals surface area contributed by atoms with Crippen molar-refractivity contribution in [2.24, 2.45) is 5.92 Å². The van der Waals surface area contributed by atoms with E-state index in [-0.39, 0.29) is 17.7 Å². The van der Waals surface area contributed by atoms with Crippen LogP contribution in [0.15, 0.2) is 24.3 Å². The lowest BCUT2D eigenvalue weighted by atomic mass is 10.1. The van der Waals surface area contributed by atoms with Gasteiger partial charge in [0.25, 0.3) is 0 Å². The van der Waals surface area contributed by atoms with Gasteiger partial charge in [0.1, 0.15) is 5.75 Å². The highest BCUT2D eigenvalue weighted by atomic mass is 16.5. The van der Waals surface area contributed by atoms with E-state index in [0.29, 0.717) is 13.0 Å². The Bertz CT molecular complexity index is 579. The van der Waals surface area contributed by atoms with Crippen LogP contribution < -0.4 is 9.64 Å². The zero-order chi connectivity index (χ0) is 16.2. The molecular formula is C18H24N2O3. The Morgan fingerprint density at radius 1 is 1.17 bits per heavy atom. The number of amides is 2. The number of methoxy groups -OCH3 is 1. The van der Waals surface area contributed by atoms with Gasteiger partial charge in [0.05, 0.1) is 13.0 Å². The lowest BCUT2D eigenvalue weighted by Gasteiger charge is -2.24. The van der Waals surface area contributed by atoms with E-state index < -0.39 is 0 Å². The summed E-state index contributed by atoms with van der Waals surface area (Å²) < 4.78 is 5.22. The van der Waals surface area contributed by atoms with Gasteiger partial charge in [-0.3, -0.25) is 9.59 Å². The summed E-state index contributed by atoms with van der Waals surface area (Å²) in [7, 11) is 1.61. The largest absolute Gasteiger partial charge is 0.497 e. The molecule has 23 heavy (non-hydrogen) atoms. The van der Waals surface area contributed by atoms with Crippen molar-refractivity contribution in [3.05, 3.63) is 24.3 Å². The fourth-order valence-electron chi connectivity index (χ4n) is 3.45. The Hall–Kier alpha value is -2.04. The molecular weight excluding hydrogens is 292 g/mol. The number of anilines is 1. The summed E-state index contributed by atoms with van der Waals surface area (Å²) in [6.45, 7) is 2.15. The molecule has 0 aromatic heterocycles. The number of hydrogen-bond acceptors (Lipinski definition) is 3. The van der Waals surface area contributed by atoms with Crippen LogP contribution in [0, 0.1) is 5.92 Å². The number of carbonyl (C=O) groups is 2. The molecule has 1 unspecified atom stereocenters. The number of ether oxygens (including phenoxy) is 1. The van der Waals surface area contributed by atoms with Crippen LogP contribution in [0.4, 0.5) is 5.69 Å². The molecule has 3 rings (SSSR count). The predicted molar refractivity (Wildman–Crippen MR) is 88.5 cm³/mol. The minimum absolute atomic E-state index is 0.0198. The van der Waals surface area contributed by atoms with Crippen molar-refractivity contribution >= 4 is 17.5 Å². The minimum atomic E-state index is -0.216. The molecule has 0 bridgehead atoms. The Morgan fingerprint density at radius 3 is 2.61 bits per heavy atom. The Labute approximate surface area is 137 Å². The molecule has 124 valence electrons. The van der Waals surface area contributed by atoms with Crippen LogP contribution in [0.3, 0.4) is 0 Å². The average Bonchev–Trinajstić information content (AvgIpc) is 2.79. The van der Waals surface area contributed by atoms with Gasteiger partial charge >= 0.3 is 0 Å². The molecule has 5 nitrogen and oxygen atoms in total. The van der Waals surface area contributed by atoms with Crippen molar-refractivity contribution < 1.29 is 14.3 Å². The molecule has 0 N–H and O–H groups in total. The Kier molecular flexibility index (Phi) is 4.84. The third-order valence-corrected chi connectivity index (χ3v) is 4.76. The molecule has 2 heterocycles. The minimum Gasteiger partial charge on any atom is -0.497 e. The number of rotatable bonds is 3. The molecule has 2 amide bonds. The highest BCUT2D eigenvalue weighted by Gasteiger charge is 2.37. The summed E-state index contributed by atoms with van der Waals surface area (Å²) in [5, 5.41) is 0. The Morgan fingerprint density at radius 2 is 1.91 bits per heavy atom. The molecule has 1 aromatic rings. The maximum atomic E-state index is 12.7. The second-order valence-corrected chi connectivity index (χ2v) is 6.35. The lowest BCUT2D eigenvalue weighted by molar-refractivity contribution is -0.135. The van der Waals surface area contributed by atoms with Crippen molar-refractivity contribution in [3.8, 4) is 5.75 Å². The van der Waals surface area contributed by atoms with E-state index >= 15 is 0 Å². The quantitative estimate of drug-likeness (QED) is 0.860. The molecule has 0 spiro atoms. The summed E-state index contributed by atoms with van der Waals surface area (Å²) in [5.74, 6) is 0.668. The first kappa shape index (κ1) is 15.8. The number of nitrogens with zero attached hydrogens (tertiary/aromatic N) is 2. The van der Waals surface area contributed by atoms with Crippen LogP contribution in [0.1, 0.15) is 32.1 Å². The van der Waals surface area contributed by atoms with Crippen molar-refractivity contribution in [2.45, 2.75) is 32.1 Å². The highest BCUT2D eigenvalue weighted by Crippen LogP contribution is 2.29. The van der Waals surface area contributed by atoms with Crippen LogP contribution in [0.2, 0.25) is 0 Å². The van der Waals surface area contributed by atoms with Crippen molar-refractivity contribution in [1.82, 2.24) is 4.90 Å². The maximum Gasteiger partial charge on any atom is 0.228 e. The van der Waals surface area contributed by atoms with E-state index in [1.807, 2.05) is 29.2 Å². The molecule has 1 atom stereocenters. The van der Waals surface area contributed by atoms with Crippen molar-refractivity contribution in [3.63, 3.8) is 0 Å². The summed E-state index contributed by atoms with van der Waals surface area (Å²) in [4.78, 5) is 28.7. The fraction of sp³-hybridized carbons (Fsp3) is 0.556. The van der Waals surface area contributed by atoms with Gasteiger partial charge in [0.2, 0.25) is 11.8 Å². The monoisotopic (exact) mass is 316 g/mol. The summed E-state index contributed by atoms with van der Waals surface area (Å²) in [5.41, 5.74) is 0.806. The molecule has 2 aliphatic heterocycles. The second-order valence-electron chi connectivity index (χ2n) is 6.35. The van der Waals surface area contributed by atoms with Gasteiger partial charge in [-0.2, -0.15) is 0 Å². The van der Waals surface area contributed by atoms with E-state index in [4.69, 9.17) is 4.74 Å². The standard InChI is InChI=1S/C18H24N2O3/c1-23-16-8-6-7-15(12-16)20-13-14(11-17(20)21)18(22)19-9-4-2-3-5-10-19/h6-8,12,14H,2-5,9-11,13H2,1H3. The topological polar surface area (TPSA) is 49.9 Å². The zero-order valence-electron chi connectivity index (χ0n) is 13.7. The normalized spacial score (nSPS) is 22.1. The third-order valence-electron chi connectivity index (χ3n) is 4.76. The number of carbonyl (C=O) groups excluding carboxylic acids is 2. The summed E-state index contributed by atoms with van der Waals surface area (Å²) >= 11 is 0. The SMILES string of the molecule is COc1cccc(N2CC(C(=O)N3CCCCCC3)CC2=O)c1. The summed E-state index contributed by atoms with van der Waals surface area (Å²) in [6, 6.07) is 7.45. The van der Waals surface area contributed by atoms with Gasteiger partial charge in [-0.05, 0) is 25.0 Å². The molecule has 2 fully saturated rings. The van der Waals surface area contributed by atoms with Crippen LogP contribution in [-0.2, 0) is 9.59 Å². The molecule has 1 aromatic carbocycles. The molecule has 5 heteroatoms. The molecule has 2 aliphatic rings. The van der Waals surface area contributed by atoms with E-state index in [1.54, 1.807) is 12.0 Å². The third kappa shape index (κ3) is 3.49. The van der Waals surface area contributed by atoms with Gasteiger partial charge in [0.15, 0.2) is 0 Å². The maximum absolute atomic E-state index is 12.7. The van der Waals surface area contributed by atoms with Crippen LogP contribution >= 0.6 is 0 Å². The molecule has 0 radical (unpaired) electrons. The van der Waals surface area contributed by atoms with E-state index in [1.165, 1.54) is 12.8 Å². The van der Waals surface area contributed by atoms with Gasteiger partial charge in [-0.25, -0.2) is 0 Å². The van der Waals surface area contributed by atoms with Gasteiger partial charge < -0.3 is 14.5 Å². The lowest BCUT2D eigenvalue weighted by Crippen LogP contribution is -2.38. The van der Waals surface area contributed by atoms with E-state index in [0.717, 1.165) is 37.4 Å². The van der Waals surface area contributed by atoms with E-state index in [9.17, 15) is 9.59 Å². The van der Waals surface area contributed by atoms with Crippen molar-refractivity contribution in [2.75, 3.05) is 31.6 Å². The van der Waals surface area contributed by atoms with Crippen LogP contribution in [-0.4, -0.2) is 43.5 Å². The fourth-order valence-corrected chi connectivity index (χ4v) is 3.45. The molecule has 2 saturated heterocycles. The Balaban J connectivity index is 1.70. The smallest absolute Gasteiger partial charge is 0.228 e. The van der Waals surface area contributed by atoms with Crippen molar-refractivity contribution in [1.29, 1.82) is 0 Å². The zero-order valence-corrected chi connectivity index (χ0v) is 13.7. The number of benzene rings is 1. The number of hydrogen-bond donors (Lipinski definition) is 0. The first-order chi connectivity index (χ1) is 11.2. The van der Waals surface area contributed by atoms with Crippen LogP contribution in [0.25, 0.3) is 0 Å². The van der Waals surface area contributed by atoms with Gasteiger partial charge in [-0.15, -0.1) is 0 Å². The molecule has 0 aliphatic carbocycles. The molecule has 0 saturated carbocycles. The highest BCUT2D eigenvalue weighted by molar-refractivity contribution is 6.00. The van der Waals surface area contributed by atoms with Gasteiger partial charge in [-0.1, -0.05) is 18.9 Å². The first-order valence-electron chi connectivity index (χ1n) is 8.42. The summed E-state index contributed by atoms with van der Waals surface area (Å²) in [6.07, 6.45) is 4.86. The van der Waals surface area contributed by atoms with Crippen LogP contribution in [0.5, 0.6) is 5.75 Å². The predicted octanol–water partition coefficient (Wildman–Crippen LogP) is 2.45. The average molecular weight is 316 g/mol. The second kappa shape index (κ2) is 7.02. The number of likely N-dealkylation sites (tertiary alicyclic amines) is 1. The van der Waals surface area contributed by atoms with Gasteiger partial charge in [0, 0.05) is 37.8 Å².